The third-order valence-corrected chi connectivity index (χ3v) is 2.64. The lowest BCUT2D eigenvalue weighted by atomic mass is 10.3. The largest absolute Gasteiger partial charge is 0.390 e. The molecular weight excluding hydrogens is 176 g/mol. The molecule has 0 radical (unpaired) electrons. The highest BCUT2D eigenvalue weighted by molar-refractivity contribution is 4.82. The molecule has 1 aliphatic carbocycles. The molecule has 1 aliphatic rings. The average Bonchev–Trinajstić information content (AvgIpc) is 2.95. The molecule has 1 rings (SSSR count). The van der Waals surface area contributed by atoms with Crippen molar-refractivity contribution in [1.29, 1.82) is 0 Å². The number of unbranched alkanes of at least 4 members (excludes halogenated alkanes) is 1. The van der Waals surface area contributed by atoms with Gasteiger partial charge in [0, 0.05) is 19.1 Å². The summed E-state index contributed by atoms with van der Waals surface area (Å²) in [6, 6.07) is 0.700. The van der Waals surface area contributed by atoms with E-state index in [0.717, 1.165) is 19.6 Å². The Morgan fingerprint density at radius 3 is 2.79 bits per heavy atom. The third kappa shape index (κ3) is 5.58. The van der Waals surface area contributed by atoms with E-state index < -0.39 is 0 Å². The van der Waals surface area contributed by atoms with E-state index in [-0.39, 0.29) is 6.10 Å². The van der Waals surface area contributed by atoms with Gasteiger partial charge < -0.3 is 15.3 Å². The molecule has 0 heterocycles. The number of aliphatic hydroxyl groups excluding tert-OH is 1. The van der Waals surface area contributed by atoms with Crippen LogP contribution in [0.4, 0.5) is 0 Å². The summed E-state index contributed by atoms with van der Waals surface area (Å²) >= 11 is 0. The number of nitrogens with zero attached hydrogens (tertiary/aromatic N) is 1. The van der Waals surface area contributed by atoms with Crippen molar-refractivity contribution in [2.45, 2.75) is 44.8 Å². The number of hydrogen-bond acceptors (Lipinski definition) is 3. The Balaban J connectivity index is 1.96. The van der Waals surface area contributed by atoms with Crippen molar-refractivity contribution in [3.05, 3.63) is 0 Å². The Kier molecular flexibility index (Phi) is 5.45. The molecule has 14 heavy (non-hydrogen) atoms. The summed E-state index contributed by atoms with van der Waals surface area (Å²) in [5.74, 6) is 0. The van der Waals surface area contributed by atoms with Crippen LogP contribution in [0, 0.1) is 0 Å². The number of hydrogen-bond donors (Lipinski definition) is 2. The highest BCUT2D eigenvalue weighted by Gasteiger charge is 2.21. The van der Waals surface area contributed by atoms with Crippen LogP contribution >= 0.6 is 0 Å². The minimum absolute atomic E-state index is 0.211. The molecule has 0 unspecified atom stereocenters. The van der Waals surface area contributed by atoms with E-state index in [0.29, 0.717) is 6.04 Å². The molecule has 84 valence electrons. The van der Waals surface area contributed by atoms with Crippen LogP contribution < -0.4 is 5.32 Å². The Morgan fingerprint density at radius 2 is 2.21 bits per heavy atom. The van der Waals surface area contributed by atoms with E-state index in [9.17, 15) is 5.11 Å². The van der Waals surface area contributed by atoms with Gasteiger partial charge in [-0.15, -0.1) is 0 Å². The monoisotopic (exact) mass is 200 g/mol. The van der Waals surface area contributed by atoms with Crippen molar-refractivity contribution in [2.24, 2.45) is 0 Å². The fourth-order valence-corrected chi connectivity index (χ4v) is 1.53. The second-order valence-corrected chi connectivity index (χ2v) is 4.45. The maximum absolute atomic E-state index is 9.69. The fourth-order valence-electron chi connectivity index (χ4n) is 1.53. The van der Waals surface area contributed by atoms with Crippen LogP contribution in [0.25, 0.3) is 0 Å². The zero-order chi connectivity index (χ0) is 10.4. The molecule has 0 aromatic rings. The number of nitrogens with one attached hydrogen (secondary N) is 1. The highest BCUT2D eigenvalue weighted by Crippen LogP contribution is 2.18. The normalized spacial score (nSPS) is 18.9. The molecule has 0 aromatic heterocycles. The van der Waals surface area contributed by atoms with Crippen molar-refractivity contribution >= 4 is 0 Å². The predicted molar refractivity (Wildman–Crippen MR) is 59.4 cm³/mol. The topological polar surface area (TPSA) is 35.5 Å². The summed E-state index contributed by atoms with van der Waals surface area (Å²) in [7, 11) is 2.08. The second kappa shape index (κ2) is 6.38. The van der Waals surface area contributed by atoms with Gasteiger partial charge >= 0.3 is 0 Å². The van der Waals surface area contributed by atoms with Crippen LogP contribution in [0.5, 0.6) is 0 Å². The van der Waals surface area contributed by atoms with Crippen molar-refractivity contribution in [3.8, 4) is 0 Å². The molecule has 1 atom stereocenters. The van der Waals surface area contributed by atoms with Gasteiger partial charge in [-0.1, -0.05) is 13.3 Å². The number of rotatable bonds is 8. The van der Waals surface area contributed by atoms with Gasteiger partial charge in [-0.3, -0.25) is 0 Å². The fraction of sp³-hybridized carbons (Fsp3) is 1.00. The Labute approximate surface area is 87.5 Å². The molecular formula is C11H24N2O. The van der Waals surface area contributed by atoms with Gasteiger partial charge in [0.1, 0.15) is 0 Å². The van der Waals surface area contributed by atoms with Crippen LogP contribution in [0.15, 0.2) is 0 Å². The molecule has 0 amide bonds. The Bertz CT molecular complexity index is 148. The summed E-state index contributed by atoms with van der Waals surface area (Å²) in [4.78, 5) is 2.21. The van der Waals surface area contributed by atoms with Crippen molar-refractivity contribution < 1.29 is 5.11 Å². The first-order valence-corrected chi connectivity index (χ1v) is 5.82. The summed E-state index contributed by atoms with van der Waals surface area (Å²) in [5, 5.41) is 13.0. The molecule has 1 fully saturated rings. The first-order valence-electron chi connectivity index (χ1n) is 5.82. The molecule has 0 aromatic carbocycles. The van der Waals surface area contributed by atoms with Crippen LogP contribution in [-0.4, -0.2) is 48.8 Å². The van der Waals surface area contributed by atoms with Gasteiger partial charge in [0.25, 0.3) is 0 Å². The Morgan fingerprint density at radius 1 is 1.50 bits per heavy atom. The smallest absolute Gasteiger partial charge is 0.0791 e. The SMILES string of the molecule is CCCCN(C)C[C@@H](O)CNC1CC1. The summed E-state index contributed by atoms with van der Waals surface area (Å²) in [6.45, 7) is 4.83. The zero-order valence-corrected chi connectivity index (χ0v) is 9.50. The number of likely N-dealkylation sites (N-methyl/N-ethyl adjacent to an activating group) is 1. The van der Waals surface area contributed by atoms with Gasteiger partial charge in [-0.25, -0.2) is 0 Å². The van der Waals surface area contributed by atoms with E-state index in [1.165, 1.54) is 25.7 Å². The van der Waals surface area contributed by atoms with Gasteiger partial charge in [0.05, 0.1) is 6.10 Å². The number of aliphatic hydroxyl groups is 1. The minimum atomic E-state index is -0.211. The zero-order valence-electron chi connectivity index (χ0n) is 9.50. The first kappa shape index (κ1) is 12.0. The molecule has 0 saturated heterocycles. The van der Waals surface area contributed by atoms with Crippen LogP contribution in [-0.2, 0) is 0 Å². The molecule has 1 saturated carbocycles. The average molecular weight is 200 g/mol. The van der Waals surface area contributed by atoms with Crippen LogP contribution in [0.1, 0.15) is 32.6 Å². The molecule has 3 nitrogen and oxygen atoms in total. The van der Waals surface area contributed by atoms with Gasteiger partial charge in [-0.05, 0) is 32.9 Å². The van der Waals surface area contributed by atoms with Crippen LogP contribution in [0.2, 0.25) is 0 Å². The van der Waals surface area contributed by atoms with Crippen molar-refractivity contribution in [2.75, 3.05) is 26.7 Å². The summed E-state index contributed by atoms with van der Waals surface area (Å²) in [6.07, 6.45) is 4.81. The standard InChI is InChI=1S/C11H24N2O/c1-3-4-7-13(2)9-11(14)8-12-10-5-6-10/h10-12,14H,3-9H2,1-2H3/t11-/m0/s1. The van der Waals surface area contributed by atoms with Crippen molar-refractivity contribution in [1.82, 2.24) is 10.2 Å². The summed E-state index contributed by atoms with van der Waals surface area (Å²) < 4.78 is 0. The van der Waals surface area contributed by atoms with E-state index in [4.69, 9.17) is 0 Å². The highest BCUT2D eigenvalue weighted by atomic mass is 16.3. The van der Waals surface area contributed by atoms with Gasteiger partial charge in [-0.2, -0.15) is 0 Å². The minimum Gasteiger partial charge on any atom is -0.390 e. The second-order valence-electron chi connectivity index (χ2n) is 4.45. The van der Waals surface area contributed by atoms with Gasteiger partial charge in [0.15, 0.2) is 0 Å². The maximum atomic E-state index is 9.69. The van der Waals surface area contributed by atoms with E-state index >= 15 is 0 Å². The lowest BCUT2D eigenvalue weighted by Gasteiger charge is -2.20. The quantitative estimate of drug-likeness (QED) is 0.609. The van der Waals surface area contributed by atoms with Crippen LogP contribution in [0.3, 0.4) is 0 Å². The predicted octanol–water partition coefficient (Wildman–Crippen LogP) is 0.831. The van der Waals surface area contributed by atoms with E-state index in [1.54, 1.807) is 0 Å². The third-order valence-electron chi connectivity index (χ3n) is 2.64. The van der Waals surface area contributed by atoms with E-state index in [1.807, 2.05) is 0 Å². The molecule has 0 aliphatic heterocycles. The van der Waals surface area contributed by atoms with E-state index in [2.05, 4.69) is 24.2 Å². The molecule has 0 bridgehead atoms. The maximum Gasteiger partial charge on any atom is 0.0791 e. The van der Waals surface area contributed by atoms with Crippen molar-refractivity contribution in [3.63, 3.8) is 0 Å². The van der Waals surface area contributed by atoms with Gasteiger partial charge in [0.2, 0.25) is 0 Å². The Hall–Kier alpha value is -0.120. The first-order chi connectivity index (χ1) is 6.72. The summed E-state index contributed by atoms with van der Waals surface area (Å²) in [5.41, 5.74) is 0. The molecule has 3 heteroatoms. The molecule has 2 N–H and O–H groups in total. The molecule has 0 spiro atoms. The lowest BCUT2D eigenvalue weighted by molar-refractivity contribution is 0.123. The lowest BCUT2D eigenvalue weighted by Crippen LogP contribution is -2.37.